The molecule has 1 heterocycles. The van der Waals surface area contributed by atoms with Crippen molar-refractivity contribution in [1.82, 2.24) is 5.32 Å². The van der Waals surface area contributed by atoms with Crippen LogP contribution in [0.15, 0.2) is 18.2 Å². The van der Waals surface area contributed by atoms with Crippen LogP contribution in [0, 0.1) is 5.82 Å². The van der Waals surface area contributed by atoms with Crippen LogP contribution in [0.4, 0.5) is 10.1 Å². The highest BCUT2D eigenvalue weighted by atomic mass is 32.2. The molecule has 1 saturated heterocycles. The molecule has 0 atom stereocenters. The molecule has 1 aliphatic rings. The van der Waals surface area contributed by atoms with E-state index in [2.05, 4.69) is 10.6 Å². The molecular formula is C14H17FN2O3S. The molecule has 1 aromatic carbocycles. The summed E-state index contributed by atoms with van der Waals surface area (Å²) in [5, 5.41) is 15.0. The van der Waals surface area contributed by atoms with Gasteiger partial charge in [-0.2, -0.15) is 0 Å². The highest BCUT2D eigenvalue weighted by Gasteiger charge is 2.16. The van der Waals surface area contributed by atoms with Crippen molar-refractivity contribution in [3.05, 3.63) is 29.6 Å². The molecule has 2 rings (SSSR count). The number of aromatic carboxylic acids is 1. The first-order valence-corrected chi connectivity index (χ1v) is 7.76. The molecule has 5 nitrogen and oxygen atoms in total. The maximum atomic E-state index is 13.5. The highest BCUT2D eigenvalue weighted by Crippen LogP contribution is 2.21. The lowest BCUT2D eigenvalue weighted by molar-refractivity contribution is -0.113. The third-order valence-electron chi connectivity index (χ3n) is 3.22. The highest BCUT2D eigenvalue weighted by molar-refractivity contribution is 8.00. The number of carboxylic acids is 1. The van der Waals surface area contributed by atoms with Crippen molar-refractivity contribution in [2.24, 2.45) is 0 Å². The van der Waals surface area contributed by atoms with Crippen molar-refractivity contribution in [1.29, 1.82) is 0 Å². The van der Waals surface area contributed by atoms with E-state index in [9.17, 15) is 14.0 Å². The molecule has 0 saturated carbocycles. The first-order valence-electron chi connectivity index (χ1n) is 6.71. The Kier molecular flexibility index (Phi) is 5.58. The Morgan fingerprint density at radius 2 is 2.10 bits per heavy atom. The Hall–Kier alpha value is -1.60. The minimum absolute atomic E-state index is 0.207. The summed E-state index contributed by atoms with van der Waals surface area (Å²) >= 11 is 1.60. The largest absolute Gasteiger partial charge is 0.478 e. The molecule has 114 valence electrons. The summed E-state index contributed by atoms with van der Waals surface area (Å²) in [6.07, 6.45) is 2.08. The normalized spacial score (nSPS) is 15.7. The Balaban J connectivity index is 1.84. The van der Waals surface area contributed by atoms with E-state index in [-0.39, 0.29) is 11.6 Å². The van der Waals surface area contributed by atoms with Gasteiger partial charge in [-0.05, 0) is 44.1 Å². The zero-order valence-corrected chi connectivity index (χ0v) is 12.2. The van der Waals surface area contributed by atoms with Crippen LogP contribution in [0.5, 0.6) is 0 Å². The van der Waals surface area contributed by atoms with Crippen LogP contribution < -0.4 is 10.6 Å². The van der Waals surface area contributed by atoms with Gasteiger partial charge in [0.25, 0.3) is 0 Å². The Labute approximate surface area is 126 Å². The average molecular weight is 312 g/mol. The Bertz CT molecular complexity index is 533. The summed E-state index contributed by atoms with van der Waals surface area (Å²) in [7, 11) is 0. The zero-order valence-electron chi connectivity index (χ0n) is 11.4. The number of hydrogen-bond donors (Lipinski definition) is 3. The molecule has 0 aliphatic carbocycles. The van der Waals surface area contributed by atoms with Gasteiger partial charge in [-0.25, -0.2) is 9.18 Å². The molecule has 0 spiro atoms. The number of carboxylic acid groups (broad SMARTS) is 1. The van der Waals surface area contributed by atoms with Crippen molar-refractivity contribution in [3.8, 4) is 0 Å². The van der Waals surface area contributed by atoms with Crippen LogP contribution in [-0.4, -0.2) is 41.1 Å². The van der Waals surface area contributed by atoms with Gasteiger partial charge in [0, 0.05) is 10.9 Å². The van der Waals surface area contributed by atoms with Crippen molar-refractivity contribution in [2.45, 2.75) is 18.1 Å². The first kappa shape index (κ1) is 15.8. The molecule has 0 aromatic heterocycles. The number of amides is 1. The quantitative estimate of drug-likeness (QED) is 0.774. The molecule has 7 heteroatoms. The van der Waals surface area contributed by atoms with Gasteiger partial charge in [0.05, 0.1) is 11.3 Å². The van der Waals surface area contributed by atoms with Crippen LogP contribution in [-0.2, 0) is 4.79 Å². The monoisotopic (exact) mass is 312 g/mol. The van der Waals surface area contributed by atoms with E-state index in [0.717, 1.165) is 38.1 Å². The standard InChI is InChI=1S/C14H17FN2O3S/c15-12-7-9(1-2-11(12)14(19)20)17-13(18)8-21-10-3-5-16-6-4-10/h1-2,7,10,16H,3-6,8H2,(H,17,18)(H,19,20). The van der Waals surface area contributed by atoms with Gasteiger partial charge < -0.3 is 15.7 Å². The van der Waals surface area contributed by atoms with Gasteiger partial charge in [-0.15, -0.1) is 11.8 Å². The van der Waals surface area contributed by atoms with E-state index >= 15 is 0 Å². The molecule has 1 aliphatic heterocycles. The number of thioether (sulfide) groups is 1. The third-order valence-corrected chi connectivity index (χ3v) is 4.59. The van der Waals surface area contributed by atoms with Gasteiger partial charge in [0.2, 0.25) is 5.91 Å². The maximum absolute atomic E-state index is 13.5. The predicted octanol–water partition coefficient (Wildman–Crippen LogP) is 1.95. The van der Waals surface area contributed by atoms with E-state index in [1.165, 1.54) is 6.07 Å². The summed E-state index contributed by atoms with van der Waals surface area (Å²) in [5.74, 6) is -2.08. The predicted molar refractivity (Wildman–Crippen MR) is 80.3 cm³/mol. The second-order valence-electron chi connectivity index (χ2n) is 4.81. The summed E-state index contributed by atoms with van der Waals surface area (Å²) < 4.78 is 13.5. The van der Waals surface area contributed by atoms with E-state index in [1.807, 2.05) is 0 Å². The molecule has 1 fully saturated rings. The molecular weight excluding hydrogens is 295 g/mol. The fourth-order valence-electron chi connectivity index (χ4n) is 2.12. The van der Waals surface area contributed by atoms with Crippen LogP contribution >= 0.6 is 11.8 Å². The molecule has 21 heavy (non-hydrogen) atoms. The van der Waals surface area contributed by atoms with Gasteiger partial charge in [-0.3, -0.25) is 4.79 Å². The minimum atomic E-state index is -1.33. The van der Waals surface area contributed by atoms with E-state index in [0.29, 0.717) is 11.0 Å². The third kappa shape index (κ3) is 4.71. The van der Waals surface area contributed by atoms with E-state index < -0.39 is 17.3 Å². The maximum Gasteiger partial charge on any atom is 0.338 e. The van der Waals surface area contributed by atoms with Crippen molar-refractivity contribution < 1.29 is 19.1 Å². The summed E-state index contributed by atoms with van der Waals surface area (Å²) in [5.41, 5.74) is -0.134. The second-order valence-corrected chi connectivity index (χ2v) is 6.10. The SMILES string of the molecule is O=C(CSC1CCNCC1)Nc1ccc(C(=O)O)c(F)c1. The number of nitrogens with one attached hydrogen (secondary N) is 2. The van der Waals surface area contributed by atoms with Gasteiger partial charge in [-0.1, -0.05) is 0 Å². The van der Waals surface area contributed by atoms with Crippen molar-refractivity contribution in [3.63, 3.8) is 0 Å². The van der Waals surface area contributed by atoms with Crippen LogP contribution in [0.2, 0.25) is 0 Å². The first-order chi connectivity index (χ1) is 10.1. The number of rotatable bonds is 5. The number of hydrogen-bond acceptors (Lipinski definition) is 4. The number of anilines is 1. The van der Waals surface area contributed by atoms with E-state index in [4.69, 9.17) is 5.11 Å². The second kappa shape index (κ2) is 7.42. The van der Waals surface area contributed by atoms with Crippen LogP contribution in [0.3, 0.4) is 0 Å². The molecule has 3 N–H and O–H groups in total. The van der Waals surface area contributed by atoms with Gasteiger partial charge >= 0.3 is 5.97 Å². The average Bonchev–Trinajstić information content (AvgIpc) is 2.46. The van der Waals surface area contributed by atoms with E-state index in [1.54, 1.807) is 11.8 Å². The minimum Gasteiger partial charge on any atom is -0.478 e. The molecule has 0 unspecified atom stereocenters. The number of benzene rings is 1. The van der Waals surface area contributed by atoms with Gasteiger partial charge in [0.15, 0.2) is 0 Å². The van der Waals surface area contributed by atoms with Gasteiger partial charge in [0.1, 0.15) is 5.82 Å². The summed E-state index contributed by atoms with van der Waals surface area (Å²) in [6, 6.07) is 3.56. The summed E-state index contributed by atoms with van der Waals surface area (Å²) in [6.45, 7) is 1.95. The Morgan fingerprint density at radius 1 is 1.38 bits per heavy atom. The van der Waals surface area contributed by atoms with Crippen LogP contribution in [0.25, 0.3) is 0 Å². The van der Waals surface area contributed by atoms with Crippen molar-refractivity contribution >= 4 is 29.3 Å². The molecule has 1 aromatic rings. The molecule has 1 amide bonds. The zero-order chi connectivity index (χ0) is 15.2. The Morgan fingerprint density at radius 3 is 2.71 bits per heavy atom. The fraction of sp³-hybridized carbons (Fsp3) is 0.429. The number of piperidine rings is 1. The lowest BCUT2D eigenvalue weighted by atomic mass is 10.2. The topological polar surface area (TPSA) is 78.4 Å². The van der Waals surface area contributed by atoms with Crippen molar-refractivity contribution in [2.75, 3.05) is 24.2 Å². The molecule has 0 radical (unpaired) electrons. The summed E-state index contributed by atoms with van der Waals surface area (Å²) in [4.78, 5) is 22.5. The lowest BCUT2D eigenvalue weighted by Crippen LogP contribution is -2.30. The molecule has 0 bridgehead atoms. The van der Waals surface area contributed by atoms with Crippen LogP contribution in [0.1, 0.15) is 23.2 Å². The fourth-order valence-corrected chi connectivity index (χ4v) is 3.15. The lowest BCUT2D eigenvalue weighted by Gasteiger charge is -2.21. The number of halogens is 1. The number of carbonyl (C=O) groups excluding carboxylic acids is 1. The number of carbonyl (C=O) groups is 2. The smallest absolute Gasteiger partial charge is 0.338 e.